The van der Waals surface area contributed by atoms with E-state index < -0.39 is 5.97 Å². The second kappa shape index (κ2) is 7.07. The van der Waals surface area contributed by atoms with Gasteiger partial charge in [0, 0.05) is 18.2 Å². The molecule has 0 heterocycles. The number of carboxylic acid groups (broad SMARTS) is 1. The van der Waals surface area contributed by atoms with Crippen LogP contribution in [0.2, 0.25) is 0 Å². The summed E-state index contributed by atoms with van der Waals surface area (Å²) in [6.07, 6.45) is 7.47. The Bertz CT molecular complexity index is 559. The molecule has 0 atom stereocenters. The molecule has 0 bridgehead atoms. The molecule has 0 saturated heterocycles. The number of benzene rings is 1. The van der Waals surface area contributed by atoms with Crippen LogP contribution in [0.4, 0.5) is 0 Å². The molecule has 0 aromatic heterocycles. The molecule has 1 amide bonds. The van der Waals surface area contributed by atoms with Gasteiger partial charge in [0.1, 0.15) is 0 Å². The van der Waals surface area contributed by atoms with Gasteiger partial charge in [-0.1, -0.05) is 18.9 Å². The van der Waals surface area contributed by atoms with Crippen molar-refractivity contribution in [3.63, 3.8) is 0 Å². The predicted octanol–water partition coefficient (Wildman–Crippen LogP) is 3.01. The maximum atomic E-state index is 12.1. The maximum Gasteiger partial charge on any atom is 0.328 e. The summed E-state index contributed by atoms with van der Waals surface area (Å²) in [7, 11) is 0. The number of amides is 1. The number of rotatable bonds is 7. The van der Waals surface area contributed by atoms with Gasteiger partial charge < -0.3 is 10.4 Å². The molecule has 4 nitrogen and oxygen atoms in total. The molecule has 112 valence electrons. The largest absolute Gasteiger partial charge is 0.478 e. The Kier molecular flexibility index (Phi) is 5.14. The van der Waals surface area contributed by atoms with Crippen LogP contribution in [0.15, 0.2) is 24.3 Å². The Morgan fingerprint density at radius 3 is 2.76 bits per heavy atom. The van der Waals surface area contributed by atoms with E-state index in [-0.39, 0.29) is 5.91 Å². The average molecular weight is 287 g/mol. The number of hydrogen-bond donors (Lipinski definition) is 2. The van der Waals surface area contributed by atoms with Gasteiger partial charge in [-0.3, -0.25) is 4.79 Å². The van der Waals surface area contributed by atoms with E-state index in [1.807, 2.05) is 19.1 Å². The predicted molar refractivity (Wildman–Crippen MR) is 82.1 cm³/mol. The lowest BCUT2D eigenvalue weighted by atomic mass is 10.1. The van der Waals surface area contributed by atoms with Crippen LogP contribution in [-0.2, 0) is 4.79 Å². The summed E-state index contributed by atoms with van der Waals surface area (Å²) in [5.74, 6) is -0.212. The zero-order valence-electron chi connectivity index (χ0n) is 12.3. The van der Waals surface area contributed by atoms with Crippen molar-refractivity contribution in [2.24, 2.45) is 5.92 Å². The molecule has 1 aliphatic rings. The number of hydrogen-bond acceptors (Lipinski definition) is 2. The highest BCUT2D eigenvalue weighted by Crippen LogP contribution is 2.33. The van der Waals surface area contributed by atoms with Crippen LogP contribution in [0.5, 0.6) is 0 Å². The van der Waals surface area contributed by atoms with Gasteiger partial charge in [0.2, 0.25) is 0 Å². The van der Waals surface area contributed by atoms with Crippen molar-refractivity contribution >= 4 is 18.0 Å². The first-order valence-corrected chi connectivity index (χ1v) is 7.35. The topological polar surface area (TPSA) is 66.4 Å². The summed E-state index contributed by atoms with van der Waals surface area (Å²) < 4.78 is 0. The van der Waals surface area contributed by atoms with E-state index in [9.17, 15) is 9.59 Å². The SMILES string of the molecule is Cc1cc(/C=C/C(=O)O)cc(C(=O)NCCCC2CC2)c1. The van der Waals surface area contributed by atoms with Gasteiger partial charge in [-0.05, 0) is 55.0 Å². The fourth-order valence-electron chi connectivity index (χ4n) is 2.31. The molecule has 0 radical (unpaired) electrons. The zero-order chi connectivity index (χ0) is 15.2. The number of carbonyl (C=O) groups is 2. The molecule has 1 fully saturated rings. The second-order valence-electron chi connectivity index (χ2n) is 5.65. The van der Waals surface area contributed by atoms with E-state index in [1.165, 1.54) is 25.3 Å². The van der Waals surface area contributed by atoms with Crippen LogP contribution in [0.3, 0.4) is 0 Å². The summed E-state index contributed by atoms with van der Waals surface area (Å²) in [6.45, 7) is 2.59. The van der Waals surface area contributed by atoms with Crippen molar-refractivity contribution in [1.29, 1.82) is 0 Å². The first kappa shape index (κ1) is 15.3. The molecule has 2 N–H and O–H groups in total. The number of carbonyl (C=O) groups excluding carboxylic acids is 1. The van der Waals surface area contributed by atoms with E-state index in [0.29, 0.717) is 12.1 Å². The van der Waals surface area contributed by atoms with Crippen LogP contribution >= 0.6 is 0 Å². The molecule has 1 aromatic rings. The van der Waals surface area contributed by atoms with Gasteiger partial charge in [0.15, 0.2) is 0 Å². The first-order chi connectivity index (χ1) is 10.0. The van der Waals surface area contributed by atoms with Gasteiger partial charge in [-0.15, -0.1) is 0 Å². The molecule has 0 unspecified atom stereocenters. The van der Waals surface area contributed by atoms with Crippen LogP contribution in [0, 0.1) is 12.8 Å². The van der Waals surface area contributed by atoms with Gasteiger partial charge in [-0.25, -0.2) is 4.79 Å². The lowest BCUT2D eigenvalue weighted by Gasteiger charge is -2.07. The van der Waals surface area contributed by atoms with Gasteiger partial charge in [-0.2, -0.15) is 0 Å². The summed E-state index contributed by atoms with van der Waals surface area (Å²) >= 11 is 0. The monoisotopic (exact) mass is 287 g/mol. The lowest BCUT2D eigenvalue weighted by molar-refractivity contribution is -0.131. The molecular weight excluding hydrogens is 266 g/mol. The third-order valence-electron chi connectivity index (χ3n) is 3.55. The minimum Gasteiger partial charge on any atom is -0.478 e. The van der Waals surface area contributed by atoms with Crippen LogP contribution < -0.4 is 5.32 Å². The van der Waals surface area contributed by atoms with E-state index in [0.717, 1.165) is 29.5 Å². The minimum atomic E-state index is -0.998. The number of aliphatic carboxylic acids is 1. The zero-order valence-corrected chi connectivity index (χ0v) is 12.3. The smallest absolute Gasteiger partial charge is 0.328 e. The molecule has 1 aromatic carbocycles. The number of nitrogens with one attached hydrogen (secondary N) is 1. The fraction of sp³-hybridized carbons (Fsp3) is 0.412. The number of carboxylic acids is 1. The van der Waals surface area contributed by atoms with Crippen molar-refractivity contribution in [2.45, 2.75) is 32.6 Å². The Morgan fingerprint density at radius 1 is 1.33 bits per heavy atom. The normalized spacial score (nSPS) is 14.3. The lowest BCUT2D eigenvalue weighted by Crippen LogP contribution is -2.24. The van der Waals surface area contributed by atoms with Gasteiger partial charge >= 0.3 is 5.97 Å². The summed E-state index contributed by atoms with van der Waals surface area (Å²) in [5, 5.41) is 11.6. The van der Waals surface area contributed by atoms with E-state index in [1.54, 1.807) is 6.07 Å². The molecule has 1 saturated carbocycles. The third-order valence-corrected chi connectivity index (χ3v) is 3.55. The molecule has 4 heteroatoms. The molecule has 2 rings (SSSR count). The molecular formula is C17H21NO3. The Hall–Kier alpha value is -2.10. The van der Waals surface area contributed by atoms with Crippen molar-refractivity contribution in [3.05, 3.63) is 41.0 Å². The molecule has 0 spiro atoms. The van der Waals surface area contributed by atoms with Crippen molar-refractivity contribution in [3.8, 4) is 0 Å². The van der Waals surface area contributed by atoms with Gasteiger partial charge in [0.25, 0.3) is 5.91 Å². The Labute approximate surface area is 124 Å². The highest BCUT2D eigenvalue weighted by atomic mass is 16.4. The summed E-state index contributed by atoms with van der Waals surface area (Å²) in [5.41, 5.74) is 2.23. The van der Waals surface area contributed by atoms with Crippen molar-refractivity contribution in [1.82, 2.24) is 5.32 Å². The summed E-state index contributed by atoms with van der Waals surface area (Å²) in [6, 6.07) is 5.38. The summed E-state index contributed by atoms with van der Waals surface area (Å²) in [4.78, 5) is 22.6. The second-order valence-corrected chi connectivity index (χ2v) is 5.65. The van der Waals surface area contributed by atoms with E-state index in [4.69, 9.17) is 5.11 Å². The molecule has 0 aliphatic heterocycles. The third kappa shape index (κ3) is 5.42. The molecule has 21 heavy (non-hydrogen) atoms. The Balaban J connectivity index is 1.93. The standard InChI is InChI=1S/C17H21NO3/c1-12-9-14(6-7-16(19)20)11-15(10-12)17(21)18-8-2-3-13-4-5-13/h6-7,9-11,13H,2-5,8H2,1H3,(H,18,21)(H,19,20)/b7-6+. The van der Waals surface area contributed by atoms with E-state index in [2.05, 4.69) is 5.32 Å². The minimum absolute atomic E-state index is 0.0977. The fourth-order valence-corrected chi connectivity index (χ4v) is 2.31. The van der Waals surface area contributed by atoms with Crippen LogP contribution in [0.1, 0.15) is 47.2 Å². The van der Waals surface area contributed by atoms with Crippen LogP contribution in [-0.4, -0.2) is 23.5 Å². The van der Waals surface area contributed by atoms with E-state index >= 15 is 0 Å². The molecule has 1 aliphatic carbocycles. The first-order valence-electron chi connectivity index (χ1n) is 7.35. The maximum absolute atomic E-state index is 12.1. The number of aryl methyl sites for hydroxylation is 1. The van der Waals surface area contributed by atoms with Crippen molar-refractivity contribution in [2.75, 3.05) is 6.54 Å². The highest BCUT2D eigenvalue weighted by Gasteiger charge is 2.20. The highest BCUT2D eigenvalue weighted by molar-refractivity contribution is 5.95. The van der Waals surface area contributed by atoms with Gasteiger partial charge in [0.05, 0.1) is 0 Å². The average Bonchev–Trinajstić information content (AvgIpc) is 3.24. The van der Waals surface area contributed by atoms with Crippen LogP contribution in [0.25, 0.3) is 6.08 Å². The van der Waals surface area contributed by atoms with Crippen molar-refractivity contribution < 1.29 is 14.7 Å². The Morgan fingerprint density at radius 2 is 2.10 bits per heavy atom. The quantitative estimate of drug-likeness (QED) is 0.598.